The average molecular weight is 353 g/mol. The third kappa shape index (κ3) is 5.01. The Labute approximate surface area is 100 Å². The topological polar surface area (TPSA) is 34.4 Å². The predicted molar refractivity (Wildman–Crippen MR) is 53.0 cm³/mol. The third-order valence-corrected chi connectivity index (χ3v) is 2.99. The van der Waals surface area contributed by atoms with Crippen molar-refractivity contribution in [3.63, 3.8) is 0 Å². The van der Waals surface area contributed by atoms with Gasteiger partial charge in [-0.1, -0.05) is 0 Å². The van der Waals surface area contributed by atoms with Crippen molar-refractivity contribution in [2.45, 2.75) is 12.7 Å². The summed E-state index contributed by atoms with van der Waals surface area (Å²) in [7, 11) is 0. The highest BCUT2D eigenvalue weighted by Crippen LogP contribution is 2.26. The molecular weight excluding hydrogens is 347 g/mol. The Morgan fingerprint density at radius 2 is 2.07 bits per heavy atom. The van der Waals surface area contributed by atoms with E-state index in [2.05, 4.69) is 42.2 Å². The molecule has 0 radical (unpaired) electrons. The van der Waals surface area contributed by atoms with Crippen molar-refractivity contribution < 1.29 is 22.4 Å². The molecular formula is C7H6Br2F3NO2. The van der Waals surface area contributed by atoms with Crippen LogP contribution in [0.2, 0.25) is 0 Å². The predicted octanol–water partition coefficient (Wildman–Crippen LogP) is 3.39. The van der Waals surface area contributed by atoms with Crippen LogP contribution in [0.3, 0.4) is 0 Å². The minimum atomic E-state index is -4.34. The van der Waals surface area contributed by atoms with Crippen molar-refractivity contribution in [2.24, 2.45) is 0 Å². The fourth-order valence-corrected chi connectivity index (χ4v) is 1.39. The average Bonchev–Trinajstić information content (AvgIpc) is 2.39. The zero-order chi connectivity index (χ0) is 11.5. The van der Waals surface area contributed by atoms with E-state index in [4.69, 9.17) is 4.42 Å². The lowest BCUT2D eigenvalue weighted by Crippen LogP contribution is -2.24. The van der Waals surface area contributed by atoms with E-state index in [1.54, 1.807) is 6.07 Å². The van der Waals surface area contributed by atoms with Gasteiger partial charge in [-0.15, -0.1) is 0 Å². The van der Waals surface area contributed by atoms with Crippen molar-refractivity contribution in [3.8, 4) is 0 Å². The molecule has 1 aromatic rings. The van der Waals surface area contributed by atoms with Crippen LogP contribution < -0.4 is 5.48 Å². The lowest BCUT2D eigenvalue weighted by molar-refractivity contribution is -0.190. The first-order valence-electron chi connectivity index (χ1n) is 3.73. The summed E-state index contributed by atoms with van der Waals surface area (Å²) in [6.45, 7) is -1.28. The minimum absolute atomic E-state index is 0.0558. The number of furan rings is 1. The monoisotopic (exact) mass is 351 g/mol. The SMILES string of the molecule is FC(F)(F)CONCc1cc(Br)c(Br)o1. The molecule has 0 bridgehead atoms. The summed E-state index contributed by atoms with van der Waals surface area (Å²) in [6, 6.07) is 1.62. The number of hydroxylamine groups is 1. The Morgan fingerprint density at radius 1 is 1.40 bits per heavy atom. The van der Waals surface area contributed by atoms with Crippen molar-refractivity contribution >= 4 is 31.9 Å². The smallest absolute Gasteiger partial charge is 0.413 e. The maximum absolute atomic E-state index is 11.6. The molecule has 1 aromatic heterocycles. The molecule has 0 aliphatic carbocycles. The van der Waals surface area contributed by atoms with Gasteiger partial charge in [-0.05, 0) is 37.9 Å². The first-order chi connectivity index (χ1) is 6.88. The lowest BCUT2D eigenvalue weighted by atomic mass is 10.5. The molecule has 0 spiro atoms. The Hall–Kier alpha value is -0.0500. The van der Waals surface area contributed by atoms with Crippen LogP contribution in [0.4, 0.5) is 13.2 Å². The van der Waals surface area contributed by atoms with Gasteiger partial charge >= 0.3 is 6.18 Å². The Kier molecular flexibility index (Phi) is 4.63. The Balaban J connectivity index is 2.26. The Bertz CT molecular complexity index is 307. The maximum atomic E-state index is 11.6. The van der Waals surface area contributed by atoms with Crippen LogP contribution in [0.15, 0.2) is 19.6 Å². The first-order valence-corrected chi connectivity index (χ1v) is 5.32. The van der Waals surface area contributed by atoms with Crippen LogP contribution in [0.1, 0.15) is 5.76 Å². The summed E-state index contributed by atoms with van der Waals surface area (Å²) in [6.07, 6.45) is -4.34. The van der Waals surface area contributed by atoms with E-state index in [0.29, 0.717) is 14.9 Å². The first kappa shape index (κ1) is 13.0. The van der Waals surface area contributed by atoms with Gasteiger partial charge in [0.2, 0.25) is 0 Å². The summed E-state index contributed by atoms with van der Waals surface area (Å²) in [4.78, 5) is 4.19. The molecule has 8 heteroatoms. The summed E-state index contributed by atoms with van der Waals surface area (Å²) >= 11 is 6.26. The summed E-state index contributed by atoms with van der Waals surface area (Å²) in [5.74, 6) is 0.455. The number of alkyl halides is 3. The zero-order valence-corrected chi connectivity index (χ0v) is 10.4. The Morgan fingerprint density at radius 3 is 2.53 bits per heavy atom. The molecule has 0 saturated heterocycles. The fraction of sp³-hybridized carbons (Fsp3) is 0.429. The van der Waals surface area contributed by atoms with E-state index in [1.807, 2.05) is 0 Å². The van der Waals surface area contributed by atoms with Gasteiger partial charge in [0.05, 0.1) is 11.0 Å². The molecule has 0 aliphatic rings. The van der Waals surface area contributed by atoms with Gasteiger partial charge in [-0.2, -0.15) is 18.7 Å². The second-order valence-corrected chi connectivity index (χ2v) is 4.13. The molecule has 0 unspecified atom stereocenters. The van der Waals surface area contributed by atoms with Crippen molar-refractivity contribution in [1.29, 1.82) is 0 Å². The second kappa shape index (κ2) is 5.33. The number of hydrogen-bond acceptors (Lipinski definition) is 3. The minimum Gasteiger partial charge on any atom is -0.452 e. The van der Waals surface area contributed by atoms with Crippen molar-refractivity contribution in [3.05, 3.63) is 21.0 Å². The van der Waals surface area contributed by atoms with Gasteiger partial charge < -0.3 is 4.42 Å². The molecule has 1 N–H and O–H groups in total. The van der Waals surface area contributed by atoms with E-state index in [9.17, 15) is 13.2 Å². The molecule has 15 heavy (non-hydrogen) atoms. The summed E-state index contributed by atoms with van der Waals surface area (Å²) in [5, 5.41) is 0. The number of hydrogen-bond donors (Lipinski definition) is 1. The van der Waals surface area contributed by atoms with Crippen LogP contribution in [0.5, 0.6) is 0 Å². The van der Waals surface area contributed by atoms with Gasteiger partial charge in [0, 0.05) is 0 Å². The number of halogens is 5. The maximum Gasteiger partial charge on any atom is 0.413 e. The van der Waals surface area contributed by atoms with Crippen LogP contribution in [-0.4, -0.2) is 12.8 Å². The van der Waals surface area contributed by atoms with E-state index < -0.39 is 12.8 Å². The molecule has 0 saturated carbocycles. The summed E-state index contributed by atoms with van der Waals surface area (Å²) < 4.78 is 41.2. The standard InChI is InChI=1S/C7H6Br2F3NO2/c8-5-1-4(15-6(5)9)2-13-14-3-7(10,11)12/h1,13H,2-3H2. The van der Waals surface area contributed by atoms with Gasteiger partial charge in [-0.25, -0.2) is 0 Å². The number of nitrogens with one attached hydrogen (secondary N) is 1. The van der Waals surface area contributed by atoms with Gasteiger partial charge in [0.15, 0.2) is 11.3 Å². The van der Waals surface area contributed by atoms with Gasteiger partial charge in [-0.3, -0.25) is 4.84 Å². The molecule has 1 rings (SSSR count). The fourth-order valence-electron chi connectivity index (χ4n) is 0.734. The molecule has 0 atom stereocenters. The van der Waals surface area contributed by atoms with Crippen LogP contribution in [-0.2, 0) is 11.4 Å². The third-order valence-electron chi connectivity index (χ3n) is 1.28. The largest absolute Gasteiger partial charge is 0.452 e. The molecule has 1 heterocycles. The number of rotatable bonds is 4. The van der Waals surface area contributed by atoms with E-state index in [-0.39, 0.29) is 6.54 Å². The lowest BCUT2D eigenvalue weighted by Gasteiger charge is -2.06. The van der Waals surface area contributed by atoms with E-state index in [1.165, 1.54) is 0 Å². The van der Waals surface area contributed by atoms with E-state index >= 15 is 0 Å². The zero-order valence-electron chi connectivity index (χ0n) is 7.20. The van der Waals surface area contributed by atoms with Crippen LogP contribution in [0, 0.1) is 0 Å². The quantitative estimate of drug-likeness (QED) is 0.666. The molecule has 3 nitrogen and oxygen atoms in total. The normalized spacial score (nSPS) is 12.1. The van der Waals surface area contributed by atoms with Crippen molar-refractivity contribution in [1.82, 2.24) is 5.48 Å². The molecule has 0 amide bonds. The molecule has 86 valence electrons. The highest BCUT2D eigenvalue weighted by atomic mass is 79.9. The molecule has 0 aromatic carbocycles. The highest BCUT2D eigenvalue weighted by Gasteiger charge is 2.27. The van der Waals surface area contributed by atoms with Gasteiger partial charge in [0.1, 0.15) is 5.76 Å². The highest BCUT2D eigenvalue weighted by molar-refractivity contribution is 9.13. The van der Waals surface area contributed by atoms with Crippen molar-refractivity contribution in [2.75, 3.05) is 6.61 Å². The van der Waals surface area contributed by atoms with E-state index in [0.717, 1.165) is 0 Å². The van der Waals surface area contributed by atoms with Crippen LogP contribution in [0.25, 0.3) is 0 Å². The second-order valence-electron chi connectivity index (χ2n) is 2.56. The molecule has 0 fully saturated rings. The molecule has 0 aliphatic heterocycles. The van der Waals surface area contributed by atoms with Crippen LogP contribution >= 0.6 is 31.9 Å². The summed E-state index contributed by atoms with van der Waals surface area (Å²) in [5.41, 5.74) is 2.14. The van der Waals surface area contributed by atoms with Gasteiger partial charge in [0.25, 0.3) is 0 Å².